The fourth-order valence-electron chi connectivity index (χ4n) is 4.68. The molecule has 0 bridgehead atoms. The van der Waals surface area contributed by atoms with Crippen LogP contribution in [0.5, 0.6) is 0 Å². The van der Waals surface area contributed by atoms with Crippen molar-refractivity contribution < 1.29 is 4.79 Å². The van der Waals surface area contributed by atoms with Crippen LogP contribution in [0.25, 0.3) is 16.7 Å². The first-order valence-electron chi connectivity index (χ1n) is 11.5. The number of hydrogen-bond donors (Lipinski definition) is 1. The van der Waals surface area contributed by atoms with Gasteiger partial charge in [-0.2, -0.15) is 5.10 Å². The highest BCUT2D eigenvalue weighted by Gasteiger charge is 2.21. The topological polar surface area (TPSA) is 63.1 Å². The van der Waals surface area contributed by atoms with Crippen LogP contribution >= 0.6 is 11.6 Å². The van der Waals surface area contributed by atoms with Crippen LogP contribution in [0.1, 0.15) is 53.5 Å². The number of hydrogen-bond acceptors (Lipinski definition) is 4. The highest BCUT2D eigenvalue weighted by atomic mass is 35.5. The number of piperidine rings is 1. The molecule has 1 saturated heterocycles. The number of fused-ring (bicyclic) bond motifs is 1. The van der Waals surface area contributed by atoms with Crippen LogP contribution in [0.15, 0.2) is 24.3 Å². The summed E-state index contributed by atoms with van der Waals surface area (Å²) in [5, 5.41) is 9.30. The molecule has 4 rings (SSSR count). The first-order valence-corrected chi connectivity index (χ1v) is 11.9. The molecule has 1 aromatic carbocycles. The number of halogens is 1. The Kier molecular flexibility index (Phi) is 6.82. The minimum Gasteiger partial charge on any atom is -0.352 e. The molecule has 1 aliphatic rings. The van der Waals surface area contributed by atoms with Gasteiger partial charge in [0.1, 0.15) is 0 Å². The molecule has 1 aliphatic heterocycles. The Morgan fingerprint density at radius 2 is 2.09 bits per heavy atom. The summed E-state index contributed by atoms with van der Waals surface area (Å²) >= 11 is 6.34. The van der Waals surface area contributed by atoms with Crippen molar-refractivity contribution in [3.63, 3.8) is 0 Å². The fraction of sp³-hybridized carbons (Fsp3) is 0.480. The first-order chi connectivity index (χ1) is 15.3. The van der Waals surface area contributed by atoms with Crippen molar-refractivity contribution in [3.05, 3.63) is 51.8 Å². The molecule has 0 saturated carbocycles. The summed E-state index contributed by atoms with van der Waals surface area (Å²) < 4.78 is 1.80. The van der Waals surface area contributed by atoms with Gasteiger partial charge in [-0.05, 0) is 82.8 Å². The number of aromatic nitrogens is 3. The zero-order valence-electron chi connectivity index (χ0n) is 19.4. The van der Waals surface area contributed by atoms with Gasteiger partial charge < -0.3 is 10.2 Å². The van der Waals surface area contributed by atoms with Crippen molar-refractivity contribution in [3.8, 4) is 5.69 Å². The third-order valence-corrected chi connectivity index (χ3v) is 6.74. The summed E-state index contributed by atoms with van der Waals surface area (Å²) in [6.45, 7) is 12.1. The molecule has 3 aromatic rings. The molecule has 170 valence electrons. The Labute approximate surface area is 195 Å². The van der Waals surface area contributed by atoms with E-state index < -0.39 is 0 Å². The molecule has 0 unspecified atom stereocenters. The summed E-state index contributed by atoms with van der Waals surface area (Å²) in [6.07, 6.45) is 3.55. The van der Waals surface area contributed by atoms with Crippen LogP contribution in [0.2, 0.25) is 5.02 Å². The Morgan fingerprint density at radius 1 is 1.28 bits per heavy atom. The van der Waals surface area contributed by atoms with Crippen molar-refractivity contribution in [2.24, 2.45) is 5.92 Å². The normalized spacial score (nSPS) is 17.1. The molecule has 1 N–H and O–H groups in total. The van der Waals surface area contributed by atoms with Crippen molar-refractivity contribution in [2.45, 2.75) is 47.0 Å². The number of aryl methyl sites for hydroxylation is 2. The highest BCUT2D eigenvalue weighted by Crippen LogP contribution is 2.28. The predicted molar refractivity (Wildman–Crippen MR) is 130 cm³/mol. The second-order valence-electron chi connectivity index (χ2n) is 9.05. The average molecular weight is 454 g/mol. The lowest BCUT2D eigenvalue weighted by molar-refractivity contribution is 0.0951. The number of nitrogens with one attached hydrogen (secondary N) is 1. The zero-order valence-corrected chi connectivity index (χ0v) is 20.2. The molecule has 32 heavy (non-hydrogen) atoms. The van der Waals surface area contributed by atoms with Gasteiger partial charge in [-0.15, -0.1) is 0 Å². The first kappa shape index (κ1) is 22.7. The van der Waals surface area contributed by atoms with Crippen molar-refractivity contribution in [1.82, 2.24) is 25.0 Å². The van der Waals surface area contributed by atoms with Crippen LogP contribution in [0, 0.1) is 26.7 Å². The van der Waals surface area contributed by atoms with Crippen LogP contribution in [-0.2, 0) is 0 Å². The number of likely N-dealkylation sites (tertiary alicyclic amines) is 1. The van der Waals surface area contributed by atoms with E-state index in [1.165, 1.54) is 25.9 Å². The lowest BCUT2D eigenvalue weighted by Gasteiger charge is -2.30. The molecule has 3 heterocycles. The van der Waals surface area contributed by atoms with Gasteiger partial charge in [-0.3, -0.25) is 4.79 Å². The third-order valence-electron chi connectivity index (χ3n) is 6.33. The smallest absolute Gasteiger partial charge is 0.252 e. The van der Waals surface area contributed by atoms with Crippen LogP contribution < -0.4 is 5.32 Å². The number of rotatable bonds is 6. The number of pyridine rings is 1. The van der Waals surface area contributed by atoms with Gasteiger partial charge in [-0.1, -0.05) is 24.6 Å². The molecule has 0 aliphatic carbocycles. The van der Waals surface area contributed by atoms with Gasteiger partial charge in [0.25, 0.3) is 5.91 Å². The van der Waals surface area contributed by atoms with Crippen LogP contribution in [-0.4, -0.2) is 51.8 Å². The molecule has 6 nitrogen and oxygen atoms in total. The summed E-state index contributed by atoms with van der Waals surface area (Å²) in [4.78, 5) is 20.4. The van der Waals surface area contributed by atoms with E-state index in [0.29, 0.717) is 22.8 Å². The van der Waals surface area contributed by atoms with Crippen molar-refractivity contribution >= 4 is 28.5 Å². The number of carbonyl (C=O) groups is 1. The molecule has 0 spiro atoms. The molecule has 1 amide bonds. The predicted octanol–water partition coefficient (Wildman–Crippen LogP) is 4.85. The molecule has 1 fully saturated rings. The Morgan fingerprint density at radius 3 is 2.88 bits per heavy atom. The molecule has 2 aromatic heterocycles. The van der Waals surface area contributed by atoms with Crippen molar-refractivity contribution in [1.29, 1.82) is 0 Å². The highest BCUT2D eigenvalue weighted by molar-refractivity contribution is 6.31. The quantitative estimate of drug-likeness (QED) is 0.542. The molecule has 7 heteroatoms. The summed E-state index contributed by atoms with van der Waals surface area (Å²) in [6, 6.07) is 7.59. The lowest BCUT2D eigenvalue weighted by atomic mass is 10.0. The Hall–Kier alpha value is -2.44. The van der Waals surface area contributed by atoms with Gasteiger partial charge in [-0.25, -0.2) is 9.67 Å². The van der Waals surface area contributed by atoms with Gasteiger partial charge in [0.15, 0.2) is 5.65 Å². The minimum atomic E-state index is -0.0713. The molecule has 1 atom stereocenters. The number of nitrogens with zero attached hydrogens (tertiary/aromatic N) is 4. The summed E-state index contributed by atoms with van der Waals surface area (Å²) in [5.41, 5.74) is 4.67. The minimum absolute atomic E-state index is 0.0713. The maximum Gasteiger partial charge on any atom is 0.252 e. The number of carbonyl (C=O) groups excluding carboxylic acids is 1. The van der Waals surface area contributed by atoms with Gasteiger partial charge in [0, 0.05) is 23.8 Å². The van der Waals surface area contributed by atoms with Gasteiger partial charge in [0.05, 0.1) is 22.3 Å². The number of amides is 1. The zero-order chi connectivity index (χ0) is 22.8. The van der Waals surface area contributed by atoms with E-state index in [1.807, 2.05) is 45.0 Å². The van der Waals surface area contributed by atoms with Crippen LogP contribution in [0.4, 0.5) is 0 Å². The second-order valence-corrected chi connectivity index (χ2v) is 9.46. The van der Waals surface area contributed by atoms with E-state index in [2.05, 4.69) is 17.1 Å². The molecular formula is C25H32ClN5O. The monoisotopic (exact) mass is 453 g/mol. The largest absolute Gasteiger partial charge is 0.352 e. The van der Waals surface area contributed by atoms with E-state index >= 15 is 0 Å². The molecule has 0 radical (unpaired) electrons. The van der Waals surface area contributed by atoms with Crippen molar-refractivity contribution in [2.75, 3.05) is 26.2 Å². The lowest BCUT2D eigenvalue weighted by Crippen LogP contribution is -2.36. The SMILES string of the molecule is Cc1cc(C(=O)NCCCN2CCC[C@H](C)C2)c2c(C)nn(-c3cccc(Cl)c3C)c2n1. The average Bonchev–Trinajstić information content (AvgIpc) is 3.08. The van der Waals surface area contributed by atoms with E-state index in [0.717, 1.165) is 46.9 Å². The Bertz CT molecular complexity index is 1140. The van der Waals surface area contributed by atoms with Crippen LogP contribution in [0.3, 0.4) is 0 Å². The fourth-order valence-corrected chi connectivity index (χ4v) is 4.85. The van der Waals surface area contributed by atoms with E-state index in [1.54, 1.807) is 4.68 Å². The van der Waals surface area contributed by atoms with Gasteiger partial charge in [0.2, 0.25) is 0 Å². The van der Waals surface area contributed by atoms with E-state index in [9.17, 15) is 4.79 Å². The second kappa shape index (κ2) is 9.59. The van der Waals surface area contributed by atoms with E-state index in [4.69, 9.17) is 21.7 Å². The van der Waals surface area contributed by atoms with E-state index in [-0.39, 0.29) is 5.91 Å². The Balaban J connectivity index is 1.54. The number of benzene rings is 1. The summed E-state index contributed by atoms with van der Waals surface area (Å²) in [7, 11) is 0. The molecular weight excluding hydrogens is 422 g/mol. The maximum absolute atomic E-state index is 13.1. The standard InChI is InChI=1S/C25H32ClN5O/c1-16-8-6-12-30(15-16)13-7-11-27-25(32)20-14-17(2)28-24-23(20)19(4)29-31(24)22-10-5-9-21(26)18(22)3/h5,9-10,14,16H,6-8,11-13,15H2,1-4H3,(H,27,32)/t16-/m0/s1. The third kappa shape index (κ3) is 4.66. The summed E-state index contributed by atoms with van der Waals surface area (Å²) in [5.74, 6) is 0.701. The maximum atomic E-state index is 13.1. The van der Waals surface area contributed by atoms with Gasteiger partial charge >= 0.3 is 0 Å².